The molecule has 3 rings (SSSR count). The molecule has 0 spiro atoms. The first-order valence-corrected chi connectivity index (χ1v) is 11.6. The summed E-state index contributed by atoms with van der Waals surface area (Å²) in [5.41, 5.74) is 2.31. The number of rotatable bonds is 9. The molecule has 3 aromatic rings. The highest BCUT2D eigenvalue weighted by atomic mass is 16.2. The molecule has 8 heteroatoms. The molecule has 0 aliphatic carbocycles. The molecule has 1 aromatic heterocycles. The summed E-state index contributed by atoms with van der Waals surface area (Å²) in [5, 5.41) is 6.04. The highest BCUT2D eigenvalue weighted by molar-refractivity contribution is 5.91. The van der Waals surface area contributed by atoms with E-state index in [-0.39, 0.29) is 30.9 Å². The highest BCUT2D eigenvalue weighted by Gasteiger charge is 2.15. The van der Waals surface area contributed by atoms with Crippen LogP contribution in [0.3, 0.4) is 0 Å². The first-order valence-electron chi connectivity index (χ1n) is 11.6. The average Bonchev–Trinajstić information content (AvgIpc) is 2.78. The molecule has 0 saturated carbocycles. The van der Waals surface area contributed by atoms with Gasteiger partial charge >= 0.3 is 5.69 Å². The van der Waals surface area contributed by atoms with E-state index in [1.165, 1.54) is 4.57 Å². The van der Waals surface area contributed by atoms with Gasteiger partial charge in [0.1, 0.15) is 6.54 Å². The molecule has 180 valence electrons. The molecule has 0 saturated heterocycles. The van der Waals surface area contributed by atoms with Crippen molar-refractivity contribution in [3.05, 3.63) is 74.4 Å². The number of fused-ring (bicyclic) bond motifs is 1. The molecule has 0 unspecified atom stereocenters. The SMILES string of the molecule is Cc1ccc(NC(=O)Cn2c(=O)n(CCCCC(=O)NC(C)C)c(=O)c3ccccc32)cc1C. The quantitative estimate of drug-likeness (QED) is 0.475. The van der Waals surface area contributed by atoms with Gasteiger partial charge < -0.3 is 10.6 Å². The van der Waals surface area contributed by atoms with Crippen molar-refractivity contribution < 1.29 is 9.59 Å². The van der Waals surface area contributed by atoms with Crippen LogP contribution in [0.4, 0.5) is 5.69 Å². The Hall–Kier alpha value is -3.68. The zero-order chi connectivity index (χ0) is 24.8. The standard InChI is InChI=1S/C26H32N4O4/c1-17(2)27-23(31)11-7-8-14-29-25(33)21-9-5-6-10-22(21)30(26(29)34)16-24(32)28-20-13-12-18(3)19(4)15-20/h5-6,9-10,12-13,15,17H,7-8,11,14,16H2,1-4H3,(H,27,31)(H,28,32). The Kier molecular flexibility index (Phi) is 8.04. The summed E-state index contributed by atoms with van der Waals surface area (Å²) in [5.74, 6) is -0.410. The molecule has 1 heterocycles. The average molecular weight is 465 g/mol. The van der Waals surface area contributed by atoms with Gasteiger partial charge in [-0.3, -0.25) is 23.5 Å². The Morgan fingerprint density at radius 3 is 2.35 bits per heavy atom. The van der Waals surface area contributed by atoms with Crippen molar-refractivity contribution in [1.82, 2.24) is 14.5 Å². The Labute approximate surface area is 198 Å². The van der Waals surface area contributed by atoms with Crippen molar-refractivity contribution in [2.45, 2.75) is 66.1 Å². The number of amides is 2. The van der Waals surface area contributed by atoms with E-state index in [4.69, 9.17) is 0 Å². The summed E-state index contributed by atoms with van der Waals surface area (Å²) < 4.78 is 2.49. The third-order valence-corrected chi connectivity index (χ3v) is 5.71. The molecular formula is C26H32N4O4. The minimum absolute atomic E-state index is 0.0544. The number of hydrogen-bond acceptors (Lipinski definition) is 4. The molecule has 0 bridgehead atoms. The maximum atomic E-state index is 13.2. The second kappa shape index (κ2) is 11.0. The van der Waals surface area contributed by atoms with Gasteiger partial charge in [0.25, 0.3) is 5.56 Å². The minimum Gasteiger partial charge on any atom is -0.354 e. The summed E-state index contributed by atoms with van der Waals surface area (Å²) in [4.78, 5) is 50.9. The highest BCUT2D eigenvalue weighted by Crippen LogP contribution is 2.14. The predicted molar refractivity (Wildman–Crippen MR) is 134 cm³/mol. The maximum absolute atomic E-state index is 13.2. The van der Waals surface area contributed by atoms with Crippen molar-refractivity contribution in [1.29, 1.82) is 0 Å². The number of anilines is 1. The Bertz CT molecular complexity index is 1320. The van der Waals surface area contributed by atoms with Gasteiger partial charge in [0.15, 0.2) is 0 Å². The second-order valence-electron chi connectivity index (χ2n) is 8.87. The van der Waals surface area contributed by atoms with E-state index in [1.54, 1.807) is 24.3 Å². The van der Waals surface area contributed by atoms with E-state index in [9.17, 15) is 19.2 Å². The van der Waals surface area contributed by atoms with Crippen LogP contribution in [-0.2, 0) is 22.7 Å². The molecule has 2 N–H and O–H groups in total. The topological polar surface area (TPSA) is 102 Å². The number of unbranched alkanes of at least 4 members (excludes halogenated alkanes) is 1. The van der Waals surface area contributed by atoms with Gasteiger partial charge in [0.05, 0.1) is 10.9 Å². The fourth-order valence-corrected chi connectivity index (χ4v) is 3.83. The lowest BCUT2D eigenvalue weighted by molar-refractivity contribution is -0.121. The summed E-state index contributed by atoms with van der Waals surface area (Å²) >= 11 is 0. The molecule has 2 amide bonds. The molecule has 2 aromatic carbocycles. The molecule has 0 fully saturated rings. The number of nitrogens with zero attached hydrogens (tertiary/aromatic N) is 2. The van der Waals surface area contributed by atoms with E-state index >= 15 is 0 Å². The van der Waals surface area contributed by atoms with Gasteiger partial charge in [-0.1, -0.05) is 18.2 Å². The smallest absolute Gasteiger partial charge is 0.331 e. The number of hydrogen-bond donors (Lipinski definition) is 2. The summed E-state index contributed by atoms with van der Waals surface area (Å²) in [6.45, 7) is 7.70. The summed E-state index contributed by atoms with van der Waals surface area (Å²) in [7, 11) is 0. The van der Waals surface area contributed by atoms with E-state index < -0.39 is 11.2 Å². The number of carbonyl (C=O) groups is 2. The largest absolute Gasteiger partial charge is 0.354 e. The van der Waals surface area contributed by atoms with Crippen LogP contribution in [0.25, 0.3) is 10.9 Å². The van der Waals surface area contributed by atoms with Gasteiger partial charge in [-0.25, -0.2) is 4.79 Å². The van der Waals surface area contributed by atoms with E-state index in [1.807, 2.05) is 45.9 Å². The second-order valence-corrected chi connectivity index (χ2v) is 8.87. The molecule has 0 radical (unpaired) electrons. The van der Waals surface area contributed by atoms with E-state index in [2.05, 4.69) is 10.6 Å². The van der Waals surface area contributed by atoms with Crippen molar-refractivity contribution in [2.75, 3.05) is 5.32 Å². The molecule has 8 nitrogen and oxygen atoms in total. The van der Waals surface area contributed by atoms with Crippen LogP contribution in [0.1, 0.15) is 44.2 Å². The van der Waals surface area contributed by atoms with Crippen molar-refractivity contribution in [2.24, 2.45) is 0 Å². The van der Waals surface area contributed by atoms with Crippen molar-refractivity contribution in [3.8, 4) is 0 Å². The number of carbonyl (C=O) groups excluding carboxylic acids is 2. The third-order valence-electron chi connectivity index (χ3n) is 5.71. The van der Waals surface area contributed by atoms with Gasteiger partial charge in [-0.05, 0) is 75.9 Å². The summed E-state index contributed by atoms with van der Waals surface area (Å²) in [6, 6.07) is 12.5. The monoisotopic (exact) mass is 464 g/mol. The Morgan fingerprint density at radius 2 is 1.65 bits per heavy atom. The minimum atomic E-state index is -0.537. The number of aromatic nitrogens is 2. The van der Waals surface area contributed by atoms with Gasteiger partial charge in [-0.15, -0.1) is 0 Å². The van der Waals surface area contributed by atoms with Gasteiger partial charge in [0.2, 0.25) is 11.8 Å². The van der Waals surface area contributed by atoms with Crippen LogP contribution < -0.4 is 21.9 Å². The van der Waals surface area contributed by atoms with E-state index in [0.717, 1.165) is 15.7 Å². The van der Waals surface area contributed by atoms with E-state index in [0.29, 0.717) is 35.9 Å². The van der Waals surface area contributed by atoms with Crippen molar-refractivity contribution in [3.63, 3.8) is 0 Å². The van der Waals surface area contributed by atoms with Crippen LogP contribution in [0.15, 0.2) is 52.1 Å². The molecule has 0 aliphatic rings. The van der Waals surface area contributed by atoms with Gasteiger partial charge in [-0.2, -0.15) is 0 Å². The lowest BCUT2D eigenvalue weighted by Gasteiger charge is -2.14. The van der Waals surface area contributed by atoms with Crippen LogP contribution >= 0.6 is 0 Å². The molecule has 0 atom stereocenters. The molecule has 0 aliphatic heterocycles. The molecular weight excluding hydrogens is 432 g/mol. The van der Waals surface area contributed by atoms with Gasteiger partial charge in [0, 0.05) is 24.7 Å². The fourth-order valence-electron chi connectivity index (χ4n) is 3.83. The van der Waals surface area contributed by atoms with Crippen LogP contribution in [0.5, 0.6) is 0 Å². The Balaban J connectivity index is 1.82. The predicted octanol–water partition coefficient (Wildman–Crippen LogP) is 3.11. The van der Waals surface area contributed by atoms with Crippen molar-refractivity contribution >= 4 is 28.4 Å². The summed E-state index contributed by atoms with van der Waals surface area (Å²) in [6.07, 6.45) is 1.37. The zero-order valence-electron chi connectivity index (χ0n) is 20.2. The number of nitrogens with one attached hydrogen (secondary N) is 2. The number of para-hydroxylation sites is 1. The number of aryl methyl sites for hydroxylation is 2. The lowest BCUT2D eigenvalue weighted by Crippen LogP contribution is -2.41. The lowest BCUT2D eigenvalue weighted by atomic mass is 10.1. The first kappa shape index (κ1) is 25.0. The Morgan fingerprint density at radius 1 is 0.912 bits per heavy atom. The number of benzene rings is 2. The zero-order valence-corrected chi connectivity index (χ0v) is 20.2. The fraction of sp³-hybridized carbons (Fsp3) is 0.385. The normalized spacial score (nSPS) is 11.1. The maximum Gasteiger partial charge on any atom is 0.331 e. The van der Waals surface area contributed by atoms with Crippen LogP contribution in [0.2, 0.25) is 0 Å². The first-order chi connectivity index (χ1) is 16.2. The van der Waals surface area contributed by atoms with Crippen LogP contribution in [0, 0.1) is 13.8 Å². The van der Waals surface area contributed by atoms with Crippen LogP contribution in [-0.4, -0.2) is 27.0 Å². The third kappa shape index (κ3) is 6.01. The molecule has 34 heavy (non-hydrogen) atoms.